The Hall–Kier alpha value is -1.89. The number of rotatable bonds is 6. The molecule has 0 saturated heterocycles. The third-order valence-electron chi connectivity index (χ3n) is 3.31. The fourth-order valence-electron chi connectivity index (χ4n) is 2.20. The van der Waals surface area contributed by atoms with Crippen molar-refractivity contribution in [2.24, 2.45) is 0 Å². The molecule has 0 fully saturated rings. The number of hydrogen-bond acceptors (Lipinski definition) is 3. The van der Waals surface area contributed by atoms with E-state index < -0.39 is 23.5 Å². The van der Waals surface area contributed by atoms with Gasteiger partial charge in [-0.3, -0.25) is 4.68 Å². The molecular formula is C14H17F3N4. The van der Waals surface area contributed by atoms with Gasteiger partial charge in [0.2, 0.25) is 0 Å². The molecule has 0 aliphatic heterocycles. The van der Waals surface area contributed by atoms with E-state index in [1.807, 2.05) is 6.92 Å². The van der Waals surface area contributed by atoms with Crippen molar-refractivity contribution >= 4 is 0 Å². The molecular weight excluding hydrogens is 281 g/mol. The first-order valence-corrected chi connectivity index (χ1v) is 6.75. The van der Waals surface area contributed by atoms with Crippen molar-refractivity contribution in [2.45, 2.75) is 32.4 Å². The summed E-state index contributed by atoms with van der Waals surface area (Å²) < 4.78 is 42.0. The molecule has 0 amide bonds. The molecule has 1 unspecified atom stereocenters. The van der Waals surface area contributed by atoms with Crippen LogP contribution in [-0.4, -0.2) is 21.8 Å². The van der Waals surface area contributed by atoms with E-state index in [-0.39, 0.29) is 5.56 Å². The second kappa shape index (κ2) is 6.71. The summed E-state index contributed by atoms with van der Waals surface area (Å²) in [7, 11) is 1.63. The van der Waals surface area contributed by atoms with Gasteiger partial charge in [0.05, 0.1) is 0 Å². The molecule has 114 valence electrons. The molecule has 0 aliphatic rings. The van der Waals surface area contributed by atoms with Crippen LogP contribution >= 0.6 is 0 Å². The van der Waals surface area contributed by atoms with Crippen molar-refractivity contribution in [1.82, 2.24) is 20.1 Å². The van der Waals surface area contributed by atoms with Crippen molar-refractivity contribution in [1.29, 1.82) is 0 Å². The number of benzene rings is 1. The van der Waals surface area contributed by atoms with E-state index in [0.717, 1.165) is 12.5 Å². The van der Waals surface area contributed by atoms with Crippen LogP contribution in [-0.2, 0) is 13.0 Å². The highest BCUT2D eigenvalue weighted by Crippen LogP contribution is 2.23. The summed E-state index contributed by atoms with van der Waals surface area (Å²) in [4.78, 5) is 4.14. The highest BCUT2D eigenvalue weighted by molar-refractivity contribution is 5.24. The molecule has 0 aliphatic carbocycles. The van der Waals surface area contributed by atoms with Crippen LogP contribution in [0.25, 0.3) is 0 Å². The van der Waals surface area contributed by atoms with Crippen LogP contribution < -0.4 is 5.32 Å². The summed E-state index contributed by atoms with van der Waals surface area (Å²) in [6.07, 6.45) is 2.65. The van der Waals surface area contributed by atoms with Gasteiger partial charge in [-0.05, 0) is 19.5 Å². The molecule has 2 aromatic rings. The van der Waals surface area contributed by atoms with Crippen LogP contribution in [0.5, 0.6) is 0 Å². The largest absolute Gasteiger partial charge is 0.313 e. The number of hydrogen-bond donors (Lipinski definition) is 1. The van der Waals surface area contributed by atoms with Gasteiger partial charge in [-0.1, -0.05) is 13.0 Å². The highest BCUT2D eigenvalue weighted by atomic mass is 19.2. The molecule has 1 atom stereocenters. The Morgan fingerprint density at radius 2 is 2.00 bits per heavy atom. The van der Waals surface area contributed by atoms with Gasteiger partial charge < -0.3 is 5.32 Å². The maximum atomic E-state index is 13.9. The number of likely N-dealkylation sites (N-methyl/N-ethyl adjacent to an activating group) is 1. The molecule has 1 heterocycles. The van der Waals surface area contributed by atoms with Gasteiger partial charge in [-0.15, -0.1) is 0 Å². The Labute approximate surface area is 121 Å². The van der Waals surface area contributed by atoms with Gasteiger partial charge in [0.25, 0.3) is 0 Å². The van der Waals surface area contributed by atoms with Crippen molar-refractivity contribution in [3.63, 3.8) is 0 Å². The summed E-state index contributed by atoms with van der Waals surface area (Å²) in [5.41, 5.74) is 0.0717. The van der Waals surface area contributed by atoms with Gasteiger partial charge in [-0.25, -0.2) is 18.2 Å². The summed E-state index contributed by atoms with van der Waals surface area (Å²) in [6, 6.07) is 1.66. The van der Waals surface area contributed by atoms with Gasteiger partial charge in [-0.2, -0.15) is 5.10 Å². The van der Waals surface area contributed by atoms with Crippen LogP contribution in [0.3, 0.4) is 0 Å². The fraction of sp³-hybridized carbons (Fsp3) is 0.429. The third kappa shape index (κ3) is 3.24. The van der Waals surface area contributed by atoms with Crippen LogP contribution in [0.4, 0.5) is 13.2 Å². The first kappa shape index (κ1) is 15.5. The molecule has 1 N–H and O–H groups in total. The van der Waals surface area contributed by atoms with E-state index in [4.69, 9.17) is 0 Å². The van der Waals surface area contributed by atoms with Gasteiger partial charge in [0.1, 0.15) is 12.2 Å². The molecule has 2 rings (SSSR count). The molecule has 7 heteroatoms. The predicted octanol–water partition coefficient (Wildman–Crippen LogP) is 2.61. The van der Waals surface area contributed by atoms with E-state index in [1.54, 1.807) is 11.7 Å². The maximum absolute atomic E-state index is 13.9. The Bertz CT molecular complexity index is 612. The number of aromatic nitrogens is 3. The first-order valence-electron chi connectivity index (χ1n) is 6.75. The lowest BCUT2D eigenvalue weighted by atomic mass is 10.0. The second-order valence-electron chi connectivity index (χ2n) is 4.71. The zero-order chi connectivity index (χ0) is 15.4. The number of aryl methyl sites for hydroxylation is 1. The van der Waals surface area contributed by atoms with Crippen molar-refractivity contribution < 1.29 is 13.2 Å². The zero-order valence-corrected chi connectivity index (χ0v) is 11.9. The summed E-state index contributed by atoms with van der Waals surface area (Å²) in [6.45, 7) is 2.71. The Morgan fingerprint density at radius 1 is 1.24 bits per heavy atom. The van der Waals surface area contributed by atoms with Gasteiger partial charge >= 0.3 is 0 Å². The molecule has 0 spiro atoms. The summed E-state index contributed by atoms with van der Waals surface area (Å²) in [5, 5.41) is 6.99. The number of nitrogens with zero attached hydrogens (tertiary/aromatic N) is 3. The monoisotopic (exact) mass is 298 g/mol. The second-order valence-corrected chi connectivity index (χ2v) is 4.71. The minimum absolute atomic E-state index is 0.0717. The zero-order valence-electron chi connectivity index (χ0n) is 11.9. The minimum atomic E-state index is -1.46. The number of halogens is 3. The lowest BCUT2D eigenvalue weighted by molar-refractivity contribution is 0.425. The molecule has 1 aromatic carbocycles. The van der Waals surface area contributed by atoms with Crippen LogP contribution in [0.1, 0.15) is 30.8 Å². The topological polar surface area (TPSA) is 42.7 Å². The van der Waals surface area contributed by atoms with E-state index >= 15 is 0 Å². The third-order valence-corrected chi connectivity index (χ3v) is 3.31. The predicted molar refractivity (Wildman–Crippen MR) is 72.1 cm³/mol. The minimum Gasteiger partial charge on any atom is -0.313 e. The quantitative estimate of drug-likeness (QED) is 0.834. The average molecular weight is 298 g/mol. The molecule has 0 saturated carbocycles. The molecule has 4 nitrogen and oxygen atoms in total. The van der Waals surface area contributed by atoms with Crippen LogP contribution in [0.15, 0.2) is 18.5 Å². The standard InChI is InChI=1S/C14H17F3N4/c1-3-6-21-12(19-8-20-21)7-11(18-2)9-4-5-10(15)14(17)13(9)16/h4-5,8,11,18H,3,6-7H2,1-2H3. The van der Waals surface area contributed by atoms with Crippen molar-refractivity contribution in [3.8, 4) is 0 Å². The fourth-order valence-corrected chi connectivity index (χ4v) is 2.20. The van der Waals surface area contributed by atoms with Gasteiger partial charge in [0.15, 0.2) is 17.5 Å². The number of nitrogens with one attached hydrogen (secondary N) is 1. The normalized spacial score (nSPS) is 12.6. The SMILES string of the molecule is CCCn1ncnc1CC(NC)c1ccc(F)c(F)c1F. The summed E-state index contributed by atoms with van der Waals surface area (Å²) >= 11 is 0. The smallest absolute Gasteiger partial charge is 0.194 e. The lowest BCUT2D eigenvalue weighted by Crippen LogP contribution is -2.23. The Morgan fingerprint density at radius 3 is 2.67 bits per heavy atom. The molecule has 21 heavy (non-hydrogen) atoms. The molecule has 0 radical (unpaired) electrons. The average Bonchev–Trinajstić information content (AvgIpc) is 2.91. The van der Waals surface area contributed by atoms with E-state index in [9.17, 15) is 13.2 Å². The Balaban J connectivity index is 2.28. The van der Waals surface area contributed by atoms with Gasteiger partial charge in [0, 0.05) is 24.6 Å². The lowest BCUT2D eigenvalue weighted by Gasteiger charge is -2.17. The van der Waals surface area contributed by atoms with Crippen molar-refractivity contribution in [3.05, 3.63) is 47.3 Å². The first-order chi connectivity index (χ1) is 10.1. The molecule has 1 aromatic heterocycles. The molecule has 0 bridgehead atoms. The summed E-state index contributed by atoms with van der Waals surface area (Å²) in [5.74, 6) is -3.15. The maximum Gasteiger partial charge on any atom is 0.194 e. The van der Waals surface area contributed by atoms with E-state index in [1.165, 1.54) is 12.4 Å². The highest BCUT2D eigenvalue weighted by Gasteiger charge is 2.21. The van der Waals surface area contributed by atoms with Crippen LogP contribution in [0, 0.1) is 17.5 Å². The van der Waals surface area contributed by atoms with E-state index in [2.05, 4.69) is 15.4 Å². The van der Waals surface area contributed by atoms with Crippen LogP contribution in [0.2, 0.25) is 0 Å². The van der Waals surface area contributed by atoms with Crippen molar-refractivity contribution in [2.75, 3.05) is 7.05 Å². The van der Waals surface area contributed by atoms with E-state index in [0.29, 0.717) is 18.8 Å². The Kier molecular flexibility index (Phi) is 4.95.